The average Bonchev–Trinajstić information content (AvgIpc) is 3.20. The third-order valence-corrected chi connectivity index (χ3v) is 5.09. The molecule has 3 aromatic carbocycles. The van der Waals surface area contributed by atoms with Gasteiger partial charge in [-0.3, -0.25) is 10.1 Å². The predicted octanol–water partition coefficient (Wildman–Crippen LogP) is 4.96. The van der Waals surface area contributed by atoms with Crippen LogP contribution >= 0.6 is 11.3 Å². The Morgan fingerprint density at radius 1 is 0.828 bits per heavy atom. The van der Waals surface area contributed by atoms with Crippen LogP contribution in [-0.2, 0) is 13.0 Å². The topological polar surface area (TPSA) is 64.1 Å². The van der Waals surface area contributed by atoms with E-state index in [1.807, 2.05) is 72.8 Å². The number of carbonyl (C=O) groups is 1. The molecule has 5 nitrogen and oxygen atoms in total. The maximum atomic E-state index is 12.5. The van der Waals surface area contributed by atoms with Gasteiger partial charge in [-0.1, -0.05) is 72.0 Å². The second-order valence-corrected chi connectivity index (χ2v) is 7.48. The highest BCUT2D eigenvalue weighted by Crippen LogP contribution is 2.19. The van der Waals surface area contributed by atoms with Gasteiger partial charge in [0, 0.05) is 12.0 Å². The van der Waals surface area contributed by atoms with Crippen molar-refractivity contribution >= 4 is 22.4 Å². The number of hydrogen-bond acceptors (Lipinski definition) is 5. The fraction of sp³-hybridized carbons (Fsp3) is 0.0870. The van der Waals surface area contributed by atoms with Crippen molar-refractivity contribution in [2.75, 3.05) is 5.32 Å². The van der Waals surface area contributed by atoms with Crippen LogP contribution in [0.25, 0.3) is 0 Å². The van der Waals surface area contributed by atoms with Crippen molar-refractivity contribution in [3.05, 3.63) is 107 Å². The number of benzene rings is 3. The van der Waals surface area contributed by atoms with E-state index in [0.29, 0.717) is 23.7 Å². The zero-order valence-electron chi connectivity index (χ0n) is 15.6. The lowest BCUT2D eigenvalue weighted by atomic mass is 10.1. The molecule has 1 heterocycles. The molecule has 0 bridgehead atoms. The van der Waals surface area contributed by atoms with Crippen molar-refractivity contribution in [2.24, 2.45) is 0 Å². The molecule has 4 aromatic rings. The van der Waals surface area contributed by atoms with Crippen molar-refractivity contribution < 1.29 is 9.53 Å². The van der Waals surface area contributed by atoms with Crippen LogP contribution in [0.3, 0.4) is 0 Å². The molecule has 1 aromatic heterocycles. The molecule has 0 aliphatic carbocycles. The molecule has 0 saturated heterocycles. The van der Waals surface area contributed by atoms with E-state index in [4.69, 9.17) is 4.74 Å². The van der Waals surface area contributed by atoms with E-state index in [1.54, 1.807) is 12.1 Å². The minimum absolute atomic E-state index is 0.206. The summed E-state index contributed by atoms with van der Waals surface area (Å²) in [7, 11) is 0. The first-order valence-corrected chi connectivity index (χ1v) is 10.0. The number of hydrogen-bond donors (Lipinski definition) is 1. The fourth-order valence-electron chi connectivity index (χ4n) is 2.75. The smallest absolute Gasteiger partial charge is 0.257 e. The Labute approximate surface area is 173 Å². The van der Waals surface area contributed by atoms with Crippen molar-refractivity contribution in [2.45, 2.75) is 13.0 Å². The summed E-state index contributed by atoms with van der Waals surface area (Å²) in [6, 6.07) is 27.0. The van der Waals surface area contributed by atoms with E-state index < -0.39 is 0 Å². The summed E-state index contributed by atoms with van der Waals surface area (Å²) in [5.74, 6) is 0.611. The Hall–Kier alpha value is -3.51. The molecular weight excluding hydrogens is 382 g/mol. The molecule has 0 saturated carbocycles. The Kier molecular flexibility index (Phi) is 5.92. The van der Waals surface area contributed by atoms with Gasteiger partial charge in [-0.15, -0.1) is 10.2 Å². The quantitative estimate of drug-likeness (QED) is 0.475. The SMILES string of the molecule is O=C(Nc1nnc(Cc2ccccc2)s1)c1ccc(COc2ccccc2)cc1. The highest BCUT2D eigenvalue weighted by Gasteiger charge is 2.11. The second kappa shape index (κ2) is 9.12. The summed E-state index contributed by atoms with van der Waals surface area (Å²) >= 11 is 1.39. The number of carbonyl (C=O) groups excluding carboxylic acids is 1. The Morgan fingerprint density at radius 2 is 1.52 bits per heavy atom. The number of rotatable bonds is 7. The van der Waals surface area contributed by atoms with Crippen LogP contribution in [0.15, 0.2) is 84.9 Å². The molecule has 1 N–H and O–H groups in total. The first-order chi connectivity index (χ1) is 14.3. The van der Waals surface area contributed by atoms with E-state index in [0.717, 1.165) is 21.9 Å². The molecule has 29 heavy (non-hydrogen) atoms. The number of ether oxygens (including phenoxy) is 1. The fourth-order valence-corrected chi connectivity index (χ4v) is 3.52. The van der Waals surface area contributed by atoms with Gasteiger partial charge >= 0.3 is 0 Å². The Morgan fingerprint density at radius 3 is 2.24 bits per heavy atom. The average molecular weight is 401 g/mol. The molecular formula is C23H19N3O2S. The van der Waals surface area contributed by atoms with Gasteiger partial charge in [-0.05, 0) is 35.4 Å². The molecule has 0 atom stereocenters. The molecule has 0 fully saturated rings. The molecule has 144 valence electrons. The monoisotopic (exact) mass is 401 g/mol. The summed E-state index contributed by atoms with van der Waals surface area (Å²) in [5, 5.41) is 12.4. The predicted molar refractivity (Wildman–Crippen MR) is 114 cm³/mol. The summed E-state index contributed by atoms with van der Waals surface area (Å²) in [6.07, 6.45) is 0.699. The first kappa shape index (κ1) is 18.8. The van der Waals surface area contributed by atoms with Crippen LogP contribution < -0.4 is 10.1 Å². The second-order valence-electron chi connectivity index (χ2n) is 6.42. The van der Waals surface area contributed by atoms with Gasteiger partial charge in [0.15, 0.2) is 0 Å². The van der Waals surface area contributed by atoms with E-state index in [9.17, 15) is 4.79 Å². The lowest BCUT2D eigenvalue weighted by Gasteiger charge is -2.07. The van der Waals surface area contributed by atoms with Crippen LogP contribution in [0, 0.1) is 0 Å². The van der Waals surface area contributed by atoms with Crippen molar-refractivity contribution in [3.8, 4) is 5.75 Å². The standard InChI is InChI=1S/C23H19N3O2S/c27-22(24-23-26-25-21(29-23)15-17-7-3-1-4-8-17)19-13-11-18(12-14-19)16-28-20-9-5-2-6-10-20/h1-14H,15-16H2,(H,24,26,27). The maximum absolute atomic E-state index is 12.5. The summed E-state index contributed by atoms with van der Waals surface area (Å²) in [4.78, 5) is 12.5. The van der Waals surface area contributed by atoms with Gasteiger partial charge in [0.1, 0.15) is 17.4 Å². The Balaban J connectivity index is 1.33. The molecule has 1 amide bonds. The number of para-hydroxylation sites is 1. The molecule has 0 unspecified atom stereocenters. The normalized spacial score (nSPS) is 10.5. The summed E-state index contributed by atoms with van der Waals surface area (Å²) in [5.41, 5.74) is 2.72. The van der Waals surface area contributed by atoms with E-state index >= 15 is 0 Å². The van der Waals surface area contributed by atoms with Crippen LogP contribution in [0.2, 0.25) is 0 Å². The maximum Gasteiger partial charge on any atom is 0.257 e. The van der Waals surface area contributed by atoms with E-state index in [2.05, 4.69) is 15.5 Å². The third-order valence-electron chi connectivity index (χ3n) is 4.25. The number of amides is 1. The van der Waals surface area contributed by atoms with Gasteiger partial charge in [0.05, 0.1) is 0 Å². The third kappa shape index (κ3) is 5.27. The largest absolute Gasteiger partial charge is 0.489 e. The van der Waals surface area contributed by atoms with Crippen LogP contribution in [0.5, 0.6) is 5.75 Å². The molecule has 4 rings (SSSR count). The minimum Gasteiger partial charge on any atom is -0.489 e. The van der Waals surface area contributed by atoms with Crippen molar-refractivity contribution in [1.82, 2.24) is 10.2 Å². The van der Waals surface area contributed by atoms with Gasteiger partial charge in [-0.2, -0.15) is 0 Å². The number of aromatic nitrogens is 2. The van der Waals surface area contributed by atoms with Crippen molar-refractivity contribution in [3.63, 3.8) is 0 Å². The summed E-state index contributed by atoms with van der Waals surface area (Å²) < 4.78 is 5.72. The van der Waals surface area contributed by atoms with Gasteiger partial charge in [0.2, 0.25) is 5.13 Å². The Bertz CT molecular complexity index is 1060. The van der Waals surface area contributed by atoms with Gasteiger partial charge in [0.25, 0.3) is 5.91 Å². The highest BCUT2D eigenvalue weighted by atomic mass is 32.1. The lowest BCUT2D eigenvalue weighted by Crippen LogP contribution is -2.11. The molecule has 0 spiro atoms. The molecule has 0 aliphatic rings. The zero-order valence-corrected chi connectivity index (χ0v) is 16.4. The van der Waals surface area contributed by atoms with Crippen molar-refractivity contribution in [1.29, 1.82) is 0 Å². The summed E-state index contributed by atoms with van der Waals surface area (Å²) in [6.45, 7) is 0.450. The van der Waals surface area contributed by atoms with Crippen LogP contribution in [0.1, 0.15) is 26.5 Å². The minimum atomic E-state index is -0.206. The van der Waals surface area contributed by atoms with Crippen LogP contribution in [0.4, 0.5) is 5.13 Å². The van der Waals surface area contributed by atoms with Gasteiger partial charge < -0.3 is 4.74 Å². The lowest BCUT2D eigenvalue weighted by molar-refractivity contribution is 0.102. The number of nitrogens with one attached hydrogen (secondary N) is 1. The number of anilines is 1. The van der Waals surface area contributed by atoms with Gasteiger partial charge in [-0.25, -0.2) is 0 Å². The molecule has 0 aliphatic heterocycles. The first-order valence-electron chi connectivity index (χ1n) is 9.21. The number of nitrogens with zero attached hydrogens (tertiary/aromatic N) is 2. The highest BCUT2D eigenvalue weighted by molar-refractivity contribution is 7.15. The zero-order chi connectivity index (χ0) is 19.9. The molecule has 6 heteroatoms. The van der Waals surface area contributed by atoms with Crippen LogP contribution in [-0.4, -0.2) is 16.1 Å². The molecule has 0 radical (unpaired) electrons. The van der Waals surface area contributed by atoms with E-state index in [1.165, 1.54) is 11.3 Å². The van der Waals surface area contributed by atoms with E-state index in [-0.39, 0.29) is 5.91 Å².